The molecule has 2 aromatic rings. The topological polar surface area (TPSA) is 98.4 Å². The van der Waals surface area contributed by atoms with Gasteiger partial charge in [-0.3, -0.25) is 0 Å². The van der Waals surface area contributed by atoms with Crippen LogP contribution in [0.1, 0.15) is 11.3 Å². The minimum Gasteiger partial charge on any atom is -0.404 e. The largest absolute Gasteiger partial charge is 0.573 e. The van der Waals surface area contributed by atoms with Crippen molar-refractivity contribution in [3.63, 3.8) is 0 Å². The maximum atomic E-state index is 12.8. The Hall–Kier alpha value is -2.40. The quantitative estimate of drug-likeness (QED) is 0.878. The Labute approximate surface area is 141 Å². The number of sulfonamides is 1. The summed E-state index contributed by atoms with van der Waals surface area (Å²) in [5.41, 5.74) is 6.68. The van der Waals surface area contributed by atoms with Crippen LogP contribution in [0.3, 0.4) is 0 Å². The van der Waals surface area contributed by atoms with Crippen LogP contribution in [0.25, 0.3) is 0 Å². The van der Waals surface area contributed by atoms with Crippen LogP contribution in [-0.2, 0) is 23.0 Å². The lowest BCUT2D eigenvalue weighted by Crippen LogP contribution is -2.37. The van der Waals surface area contributed by atoms with Crippen LogP contribution < -0.4 is 10.5 Å². The zero-order valence-corrected chi connectivity index (χ0v) is 13.5. The number of ether oxygens (including phenoxy) is 1. The summed E-state index contributed by atoms with van der Waals surface area (Å²) in [6.07, 6.45) is -3.15. The monoisotopic (exact) mass is 374 g/mol. The molecule has 0 amide bonds. The summed E-state index contributed by atoms with van der Waals surface area (Å²) in [7, 11) is -4.21. The standard InChI is InChI=1S/C14H13F3N4O3S/c15-14(16,17)24-11-3-1-2-4-12(11)25(22,23)21-6-5-9-7-19-13(18)20-10(9)8-21/h1-4,7H,5-6,8H2,(H2,18,19,20). The Kier molecular flexibility index (Phi) is 4.29. The maximum Gasteiger partial charge on any atom is 0.573 e. The van der Waals surface area contributed by atoms with Crippen LogP contribution in [0.5, 0.6) is 5.75 Å². The van der Waals surface area contributed by atoms with Crippen LogP contribution >= 0.6 is 0 Å². The molecule has 1 aromatic heterocycles. The number of fused-ring (bicyclic) bond motifs is 1. The summed E-state index contributed by atoms with van der Waals surface area (Å²) >= 11 is 0. The van der Waals surface area contributed by atoms with E-state index in [0.29, 0.717) is 12.1 Å². The molecule has 1 aromatic carbocycles. The lowest BCUT2D eigenvalue weighted by atomic mass is 10.1. The van der Waals surface area contributed by atoms with Crippen molar-refractivity contribution in [1.29, 1.82) is 0 Å². The molecule has 0 unspecified atom stereocenters. The van der Waals surface area contributed by atoms with Crippen molar-refractivity contribution in [3.05, 3.63) is 41.7 Å². The second-order valence-electron chi connectivity index (χ2n) is 5.28. The third kappa shape index (κ3) is 3.66. The van der Waals surface area contributed by atoms with Crippen molar-refractivity contribution < 1.29 is 26.3 Å². The highest BCUT2D eigenvalue weighted by Crippen LogP contribution is 2.33. The highest BCUT2D eigenvalue weighted by atomic mass is 32.2. The minimum absolute atomic E-state index is 0.00111. The van der Waals surface area contributed by atoms with Gasteiger partial charge in [0.05, 0.1) is 12.2 Å². The SMILES string of the molecule is Nc1ncc2c(n1)CN(S(=O)(=O)c1ccccc1OC(F)(F)F)CC2. The molecule has 0 aliphatic carbocycles. The van der Waals surface area contributed by atoms with E-state index in [1.165, 1.54) is 18.3 Å². The minimum atomic E-state index is -5.00. The van der Waals surface area contributed by atoms with Gasteiger partial charge in [-0.1, -0.05) is 12.1 Å². The lowest BCUT2D eigenvalue weighted by molar-refractivity contribution is -0.275. The lowest BCUT2D eigenvalue weighted by Gasteiger charge is -2.27. The number of halogens is 3. The summed E-state index contributed by atoms with van der Waals surface area (Å²) in [4.78, 5) is 7.29. The molecular formula is C14H13F3N4O3S. The number of anilines is 1. The van der Waals surface area contributed by atoms with Crippen molar-refractivity contribution in [2.24, 2.45) is 0 Å². The number of alkyl halides is 3. The Morgan fingerprint density at radius 2 is 1.96 bits per heavy atom. The Morgan fingerprint density at radius 1 is 1.24 bits per heavy atom. The first-order valence-electron chi connectivity index (χ1n) is 7.12. The number of benzene rings is 1. The van der Waals surface area contributed by atoms with Crippen molar-refractivity contribution in [1.82, 2.24) is 14.3 Å². The highest BCUT2D eigenvalue weighted by molar-refractivity contribution is 7.89. The number of hydrogen-bond acceptors (Lipinski definition) is 6. The van der Waals surface area contributed by atoms with E-state index >= 15 is 0 Å². The smallest absolute Gasteiger partial charge is 0.404 e. The van der Waals surface area contributed by atoms with Gasteiger partial charge in [0.15, 0.2) is 0 Å². The van der Waals surface area contributed by atoms with Crippen molar-refractivity contribution in [3.8, 4) is 5.75 Å². The molecule has 3 rings (SSSR count). The van der Waals surface area contributed by atoms with Gasteiger partial charge in [0.2, 0.25) is 16.0 Å². The zero-order chi connectivity index (χ0) is 18.2. The molecule has 0 saturated carbocycles. The normalized spacial score (nSPS) is 15.6. The molecule has 0 fully saturated rings. The first kappa shape index (κ1) is 17.4. The van der Waals surface area contributed by atoms with Gasteiger partial charge in [-0.15, -0.1) is 13.2 Å². The molecule has 0 bridgehead atoms. The molecule has 0 saturated heterocycles. The molecule has 2 N–H and O–H groups in total. The fourth-order valence-corrected chi connectivity index (χ4v) is 4.03. The van der Waals surface area contributed by atoms with Crippen LogP contribution in [0.2, 0.25) is 0 Å². The molecule has 0 radical (unpaired) electrons. The van der Waals surface area contributed by atoms with E-state index in [4.69, 9.17) is 5.73 Å². The van der Waals surface area contributed by atoms with E-state index in [0.717, 1.165) is 22.0 Å². The Balaban J connectivity index is 1.96. The summed E-state index contributed by atoms with van der Waals surface area (Å²) in [6, 6.07) is 4.62. The first-order valence-corrected chi connectivity index (χ1v) is 8.56. The fourth-order valence-electron chi connectivity index (χ4n) is 2.51. The van der Waals surface area contributed by atoms with Crippen LogP contribution in [0, 0.1) is 0 Å². The molecule has 0 atom stereocenters. The zero-order valence-electron chi connectivity index (χ0n) is 12.7. The second-order valence-corrected chi connectivity index (χ2v) is 7.19. The van der Waals surface area contributed by atoms with Gasteiger partial charge in [-0.05, 0) is 24.1 Å². The first-order chi connectivity index (χ1) is 11.7. The number of nitrogens with two attached hydrogens (primary N) is 1. The molecule has 2 heterocycles. The molecule has 7 nitrogen and oxygen atoms in total. The molecule has 11 heteroatoms. The van der Waals surface area contributed by atoms with Gasteiger partial charge < -0.3 is 10.5 Å². The highest BCUT2D eigenvalue weighted by Gasteiger charge is 2.36. The summed E-state index contributed by atoms with van der Waals surface area (Å²) < 4.78 is 68.1. The van der Waals surface area contributed by atoms with Gasteiger partial charge in [0.1, 0.15) is 10.6 Å². The van der Waals surface area contributed by atoms with Crippen LogP contribution in [-0.4, -0.2) is 35.6 Å². The van der Waals surface area contributed by atoms with Gasteiger partial charge in [0.25, 0.3) is 0 Å². The third-order valence-electron chi connectivity index (χ3n) is 3.62. The molecular weight excluding hydrogens is 361 g/mol. The maximum absolute atomic E-state index is 12.8. The Bertz CT molecular complexity index is 902. The molecule has 1 aliphatic heterocycles. The number of rotatable bonds is 3. The third-order valence-corrected chi connectivity index (χ3v) is 5.51. The average Bonchev–Trinajstić information content (AvgIpc) is 2.53. The fraction of sp³-hybridized carbons (Fsp3) is 0.286. The Morgan fingerprint density at radius 3 is 2.68 bits per heavy atom. The second kappa shape index (κ2) is 6.15. The average molecular weight is 374 g/mol. The number of aromatic nitrogens is 2. The van der Waals surface area contributed by atoms with Gasteiger partial charge in [-0.25, -0.2) is 18.4 Å². The van der Waals surface area contributed by atoms with Gasteiger partial charge in [-0.2, -0.15) is 4.31 Å². The molecule has 134 valence electrons. The number of hydrogen-bond donors (Lipinski definition) is 1. The van der Waals surface area contributed by atoms with E-state index < -0.39 is 27.0 Å². The van der Waals surface area contributed by atoms with Crippen molar-refractivity contribution >= 4 is 16.0 Å². The van der Waals surface area contributed by atoms with E-state index in [-0.39, 0.29) is 19.0 Å². The summed E-state index contributed by atoms with van der Waals surface area (Å²) in [5, 5.41) is 0. The predicted octanol–water partition coefficient (Wildman–Crippen LogP) is 1.70. The molecule has 1 aliphatic rings. The van der Waals surface area contributed by atoms with E-state index in [2.05, 4.69) is 14.7 Å². The van der Waals surface area contributed by atoms with Crippen LogP contribution in [0.4, 0.5) is 19.1 Å². The van der Waals surface area contributed by atoms with Gasteiger partial charge in [0, 0.05) is 12.7 Å². The molecule has 0 spiro atoms. The van der Waals surface area contributed by atoms with Gasteiger partial charge >= 0.3 is 6.36 Å². The summed E-state index contributed by atoms with van der Waals surface area (Å²) in [5.74, 6) is -0.776. The van der Waals surface area contributed by atoms with E-state index in [1.807, 2.05) is 0 Å². The molecule has 25 heavy (non-hydrogen) atoms. The number of nitrogens with zero attached hydrogens (tertiary/aromatic N) is 3. The van der Waals surface area contributed by atoms with Crippen molar-refractivity contribution in [2.75, 3.05) is 12.3 Å². The van der Waals surface area contributed by atoms with E-state index in [1.54, 1.807) is 0 Å². The van der Waals surface area contributed by atoms with Crippen molar-refractivity contribution in [2.45, 2.75) is 24.2 Å². The number of para-hydroxylation sites is 1. The summed E-state index contributed by atoms with van der Waals surface area (Å²) in [6.45, 7) is -0.0201. The number of nitrogen functional groups attached to an aromatic ring is 1. The van der Waals surface area contributed by atoms with E-state index in [9.17, 15) is 21.6 Å². The van der Waals surface area contributed by atoms with Crippen LogP contribution in [0.15, 0.2) is 35.4 Å². The predicted molar refractivity (Wildman–Crippen MR) is 80.9 cm³/mol.